The van der Waals surface area contributed by atoms with Crippen molar-refractivity contribution in [2.24, 2.45) is 7.05 Å². The van der Waals surface area contributed by atoms with E-state index in [0.29, 0.717) is 11.6 Å². The number of imidazole rings is 1. The van der Waals surface area contributed by atoms with E-state index in [0.717, 1.165) is 16.6 Å². The summed E-state index contributed by atoms with van der Waals surface area (Å²) in [6.45, 7) is 4.17. The lowest BCUT2D eigenvalue weighted by atomic mass is 10.1. The van der Waals surface area contributed by atoms with E-state index in [1.165, 1.54) is 12.5 Å². The van der Waals surface area contributed by atoms with E-state index in [2.05, 4.69) is 28.5 Å². The summed E-state index contributed by atoms with van der Waals surface area (Å²) in [5.74, 6) is 0.340. The lowest BCUT2D eigenvalue weighted by Crippen LogP contribution is -2.13. The number of anilines is 1. The number of sulfonamides is 1. The summed E-state index contributed by atoms with van der Waals surface area (Å²) in [6.07, 6.45) is 2.93. The summed E-state index contributed by atoms with van der Waals surface area (Å²) in [7, 11) is -1.96. The third kappa shape index (κ3) is 2.59. The number of hydrogen-bond donors (Lipinski definition) is 2. The Kier molecular flexibility index (Phi) is 3.44. The average molecular weight is 318 g/mol. The molecule has 2 aromatic heterocycles. The van der Waals surface area contributed by atoms with E-state index in [1.807, 2.05) is 18.2 Å². The van der Waals surface area contributed by atoms with Crippen molar-refractivity contribution in [2.75, 3.05) is 4.72 Å². The molecule has 22 heavy (non-hydrogen) atoms. The van der Waals surface area contributed by atoms with Crippen LogP contribution in [0.15, 0.2) is 41.8 Å². The molecule has 0 saturated heterocycles. The van der Waals surface area contributed by atoms with Gasteiger partial charge in [-0.2, -0.15) is 8.42 Å². The molecular formula is C15H18N4O2S. The van der Waals surface area contributed by atoms with E-state index in [9.17, 15) is 8.42 Å². The van der Waals surface area contributed by atoms with Crippen LogP contribution in [0, 0.1) is 0 Å². The summed E-state index contributed by atoms with van der Waals surface area (Å²) >= 11 is 0. The van der Waals surface area contributed by atoms with Gasteiger partial charge in [0.25, 0.3) is 10.0 Å². The van der Waals surface area contributed by atoms with Crippen LogP contribution in [0.4, 0.5) is 5.69 Å². The molecule has 0 saturated carbocycles. The van der Waals surface area contributed by atoms with Gasteiger partial charge in [-0.25, -0.2) is 4.98 Å². The van der Waals surface area contributed by atoms with Gasteiger partial charge in [0.2, 0.25) is 0 Å². The number of nitrogens with one attached hydrogen (secondary N) is 2. The Bertz CT molecular complexity index is 922. The highest BCUT2D eigenvalue weighted by molar-refractivity contribution is 7.92. The summed E-state index contributed by atoms with van der Waals surface area (Å²) < 4.78 is 29.0. The van der Waals surface area contributed by atoms with Gasteiger partial charge in [0.15, 0.2) is 5.03 Å². The lowest BCUT2D eigenvalue weighted by molar-refractivity contribution is 0.598. The Morgan fingerprint density at radius 2 is 2.09 bits per heavy atom. The molecule has 6 nitrogen and oxygen atoms in total. The van der Waals surface area contributed by atoms with Gasteiger partial charge >= 0.3 is 0 Å². The summed E-state index contributed by atoms with van der Waals surface area (Å²) in [5, 5.41) is 0.859. The Balaban J connectivity index is 2.03. The fourth-order valence-electron chi connectivity index (χ4n) is 2.30. The molecule has 0 unspecified atom stereocenters. The minimum Gasteiger partial charge on any atom is -0.358 e. The van der Waals surface area contributed by atoms with Crippen molar-refractivity contribution >= 4 is 26.6 Å². The van der Waals surface area contributed by atoms with Gasteiger partial charge < -0.3 is 9.55 Å². The summed E-state index contributed by atoms with van der Waals surface area (Å²) in [6, 6.07) is 7.48. The maximum absolute atomic E-state index is 12.4. The van der Waals surface area contributed by atoms with Crippen molar-refractivity contribution in [3.63, 3.8) is 0 Å². The smallest absolute Gasteiger partial charge is 0.280 e. The Hall–Kier alpha value is -2.28. The molecule has 0 fully saturated rings. The first-order valence-corrected chi connectivity index (χ1v) is 8.47. The highest BCUT2D eigenvalue weighted by Crippen LogP contribution is 2.28. The molecule has 0 amide bonds. The lowest BCUT2D eigenvalue weighted by Gasteiger charge is -2.06. The molecule has 2 N–H and O–H groups in total. The molecule has 3 aromatic rings. The first kappa shape index (κ1) is 14.6. The third-order valence-electron chi connectivity index (χ3n) is 3.51. The molecule has 0 radical (unpaired) electrons. The van der Waals surface area contributed by atoms with Crippen LogP contribution >= 0.6 is 0 Å². The van der Waals surface area contributed by atoms with E-state index in [4.69, 9.17) is 0 Å². The number of rotatable bonds is 4. The minimum absolute atomic E-state index is 0.00613. The van der Waals surface area contributed by atoms with Crippen LogP contribution in [-0.2, 0) is 17.1 Å². The first-order valence-electron chi connectivity index (χ1n) is 6.99. The number of aryl methyl sites for hydroxylation is 1. The molecule has 0 aliphatic heterocycles. The molecular weight excluding hydrogens is 300 g/mol. The molecule has 0 bridgehead atoms. The number of fused-ring (bicyclic) bond motifs is 1. The maximum Gasteiger partial charge on any atom is 0.280 e. The zero-order valence-electron chi connectivity index (χ0n) is 12.7. The van der Waals surface area contributed by atoms with Crippen LogP contribution < -0.4 is 4.72 Å². The van der Waals surface area contributed by atoms with Gasteiger partial charge in [0, 0.05) is 29.8 Å². The number of aromatic amines is 1. The fraction of sp³-hybridized carbons (Fsp3) is 0.267. The molecule has 0 aliphatic rings. The number of nitrogens with zero attached hydrogens (tertiary/aromatic N) is 2. The van der Waals surface area contributed by atoms with Gasteiger partial charge in [0.1, 0.15) is 0 Å². The molecule has 116 valence electrons. The highest BCUT2D eigenvalue weighted by Gasteiger charge is 2.19. The maximum atomic E-state index is 12.4. The molecule has 0 aliphatic carbocycles. The zero-order chi connectivity index (χ0) is 15.9. The second kappa shape index (κ2) is 5.17. The van der Waals surface area contributed by atoms with E-state index in [1.54, 1.807) is 17.7 Å². The molecule has 3 rings (SSSR count). The summed E-state index contributed by atoms with van der Waals surface area (Å²) in [4.78, 5) is 7.21. The van der Waals surface area contributed by atoms with Crippen molar-refractivity contribution in [3.05, 3.63) is 42.5 Å². The van der Waals surface area contributed by atoms with E-state index < -0.39 is 10.0 Å². The van der Waals surface area contributed by atoms with Crippen molar-refractivity contribution < 1.29 is 8.42 Å². The Morgan fingerprint density at radius 3 is 2.73 bits per heavy atom. The molecule has 7 heteroatoms. The molecule has 2 heterocycles. The minimum atomic E-state index is -3.69. The second-order valence-corrected chi connectivity index (χ2v) is 7.26. The van der Waals surface area contributed by atoms with Gasteiger partial charge in [0.05, 0.1) is 12.0 Å². The first-order chi connectivity index (χ1) is 10.4. The second-order valence-electron chi connectivity index (χ2n) is 5.63. The number of H-pyrrole nitrogens is 1. The SMILES string of the molecule is CC(C)c1cc2c(NS(=O)(=O)c3cn(C)cn3)cccc2[nH]1. The Labute approximate surface area is 129 Å². The normalized spacial score (nSPS) is 12.2. The Morgan fingerprint density at radius 1 is 1.32 bits per heavy atom. The largest absolute Gasteiger partial charge is 0.358 e. The van der Waals surface area contributed by atoms with Gasteiger partial charge in [-0.3, -0.25) is 4.72 Å². The van der Waals surface area contributed by atoms with Crippen molar-refractivity contribution in [1.82, 2.24) is 14.5 Å². The van der Waals surface area contributed by atoms with Crippen molar-refractivity contribution in [2.45, 2.75) is 24.8 Å². The quantitative estimate of drug-likeness (QED) is 0.776. The van der Waals surface area contributed by atoms with Crippen molar-refractivity contribution in [1.29, 1.82) is 0 Å². The zero-order valence-corrected chi connectivity index (χ0v) is 13.5. The summed E-state index contributed by atoms with van der Waals surface area (Å²) in [5.41, 5.74) is 2.52. The van der Waals surface area contributed by atoms with Crippen LogP contribution in [0.3, 0.4) is 0 Å². The predicted octanol–water partition coefficient (Wildman–Crippen LogP) is 2.83. The van der Waals surface area contributed by atoms with Gasteiger partial charge in [-0.1, -0.05) is 19.9 Å². The standard InChI is InChI=1S/C15H18N4O2S/c1-10(2)14-7-11-12(17-14)5-4-6-13(11)18-22(20,21)15-8-19(3)9-16-15/h4-10,17-18H,1-3H3. The fourth-order valence-corrected chi connectivity index (χ4v) is 3.36. The molecule has 0 atom stereocenters. The van der Waals surface area contributed by atoms with Gasteiger partial charge in [-0.15, -0.1) is 0 Å². The van der Waals surface area contributed by atoms with Crippen LogP contribution in [0.5, 0.6) is 0 Å². The number of hydrogen-bond acceptors (Lipinski definition) is 3. The number of aromatic nitrogens is 3. The highest BCUT2D eigenvalue weighted by atomic mass is 32.2. The monoisotopic (exact) mass is 318 g/mol. The average Bonchev–Trinajstić information content (AvgIpc) is 3.05. The predicted molar refractivity (Wildman–Crippen MR) is 86.4 cm³/mol. The van der Waals surface area contributed by atoms with Crippen molar-refractivity contribution in [3.8, 4) is 0 Å². The number of benzene rings is 1. The van der Waals surface area contributed by atoms with E-state index in [-0.39, 0.29) is 5.03 Å². The molecule has 0 spiro atoms. The van der Waals surface area contributed by atoms with Gasteiger partial charge in [-0.05, 0) is 24.1 Å². The van der Waals surface area contributed by atoms with Crippen LogP contribution in [0.25, 0.3) is 10.9 Å². The topological polar surface area (TPSA) is 79.8 Å². The van der Waals surface area contributed by atoms with E-state index >= 15 is 0 Å². The van der Waals surface area contributed by atoms with Crippen LogP contribution in [0.2, 0.25) is 0 Å². The van der Waals surface area contributed by atoms with Crippen LogP contribution in [-0.4, -0.2) is 23.0 Å². The molecule has 1 aromatic carbocycles. The third-order valence-corrected chi connectivity index (χ3v) is 4.76. The van der Waals surface area contributed by atoms with Crippen LogP contribution in [0.1, 0.15) is 25.5 Å².